The maximum absolute atomic E-state index is 11.6. The van der Waals surface area contributed by atoms with Gasteiger partial charge in [-0.1, -0.05) is 0 Å². The molecule has 1 aliphatic heterocycles. The van der Waals surface area contributed by atoms with E-state index in [9.17, 15) is 9.59 Å². The molecule has 1 saturated heterocycles. The van der Waals surface area contributed by atoms with Gasteiger partial charge in [0.2, 0.25) is 0 Å². The third-order valence-corrected chi connectivity index (χ3v) is 3.05. The lowest BCUT2D eigenvalue weighted by molar-refractivity contribution is -0.154. The number of nitrogens with one attached hydrogen (secondary N) is 1. The average molecular weight is 286 g/mol. The summed E-state index contributed by atoms with van der Waals surface area (Å²) in [7, 11) is 0. The molecule has 0 aromatic rings. The molecule has 116 valence electrons. The van der Waals surface area contributed by atoms with Crippen LogP contribution in [0, 0.1) is 0 Å². The first-order valence-electron chi connectivity index (χ1n) is 7.15. The summed E-state index contributed by atoms with van der Waals surface area (Å²) in [5, 5.41) is 12.1. The highest BCUT2D eigenvalue weighted by Crippen LogP contribution is 2.10. The van der Waals surface area contributed by atoms with Gasteiger partial charge in [-0.2, -0.15) is 0 Å². The van der Waals surface area contributed by atoms with E-state index >= 15 is 0 Å². The average Bonchev–Trinajstić information content (AvgIpc) is 2.25. The van der Waals surface area contributed by atoms with Crippen LogP contribution in [-0.2, 0) is 14.3 Å². The third kappa shape index (κ3) is 7.45. The molecule has 1 rings (SSSR count). The quantitative estimate of drug-likeness (QED) is 0.705. The van der Waals surface area contributed by atoms with Gasteiger partial charge in [0.1, 0.15) is 5.60 Å². The predicted molar refractivity (Wildman–Crippen MR) is 75.6 cm³/mol. The van der Waals surface area contributed by atoms with Crippen LogP contribution in [0.15, 0.2) is 0 Å². The summed E-state index contributed by atoms with van der Waals surface area (Å²) in [4.78, 5) is 24.2. The molecule has 1 fully saturated rings. The van der Waals surface area contributed by atoms with Crippen molar-refractivity contribution in [2.45, 2.75) is 51.7 Å². The van der Waals surface area contributed by atoms with E-state index in [0.717, 1.165) is 25.9 Å². The maximum atomic E-state index is 11.6. The molecule has 0 bridgehead atoms. The minimum atomic E-state index is -0.792. The number of esters is 1. The molecule has 1 atom stereocenters. The summed E-state index contributed by atoms with van der Waals surface area (Å²) < 4.78 is 5.23. The number of hydrogen-bond donors (Lipinski definition) is 2. The Bertz CT molecular complexity index is 339. The Morgan fingerprint density at radius 2 is 2.10 bits per heavy atom. The zero-order valence-electron chi connectivity index (χ0n) is 12.6. The van der Waals surface area contributed by atoms with Gasteiger partial charge in [0, 0.05) is 19.1 Å². The van der Waals surface area contributed by atoms with Gasteiger partial charge in [-0.25, -0.2) is 0 Å². The smallest absolute Gasteiger partial charge is 0.317 e. The molecule has 2 N–H and O–H groups in total. The number of piperidine rings is 1. The first-order chi connectivity index (χ1) is 9.26. The van der Waals surface area contributed by atoms with Gasteiger partial charge < -0.3 is 15.2 Å². The van der Waals surface area contributed by atoms with E-state index in [-0.39, 0.29) is 18.6 Å². The van der Waals surface area contributed by atoms with Crippen LogP contribution in [0.4, 0.5) is 0 Å². The molecule has 1 aliphatic rings. The van der Waals surface area contributed by atoms with E-state index in [1.54, 1.807) is 0 Å². The number of carbonyl (C=O) groups is 2. The fourth-order valence-electron chi connectivity index (χ4n) is 2.33. The summed E-state index contributed by atoms with van der Waals surface area (Å²) in [5.74, 6) is -0.998. The molecule has 6 nitrogen and oxygen atoms in total. The van der Waals surface area contributed by atoms with E-state index in [2.05, 4.69) is 5.32 Å². The molecule has 0 unspecified atom stereocenters. The van der Waals surface area contributed by atoms with E-state index in [1.807, 2.05) is 25.7 Å². The van der Waals surface area contributed by atoms with Gasteiger partial charge in [0.25, 0.3) is 0 Å². The Morgan fingerprint density at radius 3 is 2.70 bits per heavy atom. The fourth-order valence-corrected chi connectivity index (χ4v) is 2.33. The highest BCUT2D eigenvalue weighted by molar-refractivity contribution is 5.70. The SMILES string of the molecule is CC(C)(C)OC(=O)CCN[C@H]1CCCN(CC(=O)O)C1. The van der Waals surface area contributed by atoms with Crippen molar-refractivity contribution in [3.63, 3.8) is 0 Å². The van der Waals surface area contributed by atoms with Crippen LogP contribution >= 0.6 is 0 Å². The lowest BCUT2D eigenvalue weighted by Crippen LogP contribution is -2.47. The molecule has 0 aliphatic carbocycles. The third-order valence-electron chi connectivity index (χ3n) is 3.05. The topological polar surface area (TPSA) is 78.9 Å². The zero-order chi connectivity index (χ0) is 15.2. The van der Waals surface area contributed by atoms with Gasteiger partial charge in [-0.05, 0) is 40.2 Å². The number of carboxylic acids is 1. The van der Waals surface area contributed by atoms with Crippen molar-refractivity contribution in [3.05, 3.63) is 0 Å². The number of hydrogen-bond acceptors (Lipinski definition) is 5. The lowest BCUT2D eigenvalue weighted by Gasteiger charge is -2.32. The second kappa shape index (κ2) is 7.59. The molecule has 20 heavy (non-hydrogen) atoms. The molecule has 0 amide bonds. The monoisotopic (exact) mass is 286 g/mol. The van der Waals surface area contributed by atoms with Crippen LogP contribution in [0.1, 0.15) is 40.0 Å². The number of carboxylic acid groups (broad SMARTS) is 1. The number of carbonyl (C=O) groups excluding carboxylic acids is 1. The summed E-state index contributed by atoms with van der Waals surface area (Å²) in [6, 6.07) is 0.255. The number of nitrogens with zero attached hydrogens (tertiary/aromatic N) is 1. The Morgan fingerprint density at radius 1 is 1.40 bits per heavy atom. The number of likely N-dealkylation sites (tertiary alicyclic amines) is 1. The van der Waals surface area contributed by atoms with E-state index in [0.29, 0.717) is 13.0 Å². The summed E-state index contributed by atoms with van der Waals surface area (Å²) >= 11 is 0. The van der Waals surface area contributed by atoms with Crippen molar-refractivity contribution in [3.8, 4) is 0 Å². The van der Waals surface area contributed by atoms with Crippen molar-refractivity contribution in [1.82, 2.24) is 10.2 Å². The Hall–Kier alpha value is -1.14. The maximum Gasteiger partial charge on any atom is 0.317 e. The Labute approximate surface area is 120 Å². The second-order valence-electron chi connectivity index (χ2n) is 6.26. The molecule has 0 saturated carbocycles. The Balaban J connectivity index is 2.21. The van der Waals surface area contributed by atoms with Crippen LogP contribution in [-0.4, -0.2) is 59.8 Å². The lowest BCUT2D eigenvalue weighted by atomic mass is 10.1. The Kier molecular flexibility index (Phi) is 6.42. The zero-order valence-corrected chi connectivity index (χ0v) is 12.6. The highest BCUT2D eigenvalue weighted by Gasteiger charge is 2.21. The van der Waals surface area contributed by atoms with Crippen molar-refractivity contribution >= 4 is 11.9 Å². The first-order valence-corrected chi connectivity index (χ1v) is 7.15. The predicted octanol–water partition coefficient (Wildman–Crippen LogP) is 0.857. The summed E-state index contributed by atoms with van der Waals surface area (Å²) in [6.45, 7) is 7.76. The van der Waals surface area contributed by atoms with Crippen molar-refractivity contribution in [1.29, 1.82) is 0 Å². The molecule has 1 heterocycles. The molecular formula is C14H26N2O4. The molecule has 0 aromatic heterocycles. The van der Waals surface area contributed by atoms with E-state index in [4.69, 9.17) is 9.84 Å². The number of ether oxygens (including phenoxy) is 1. The molecule has 0 radical (unpaired) electrons. The highest BCUT2D eigenvalue weighted by atomic mass is 16.6. The van der Waals surface area contributed by atoms with Crippen molar-refractivity contribution < 1.29 is 19.4 Å². The standard InChI is InChI=1S/C14H26N2O4/c1-14(2,3)20-13(19)6-7-15-11-5-4-8-16(9-11)10-12(17)18/h11,15H,4-10H2,1-3H3,(H,17,18)/t11-/m0/s1. The molecule has 0 spiro atoms. The van der Waals surface area contributed by atoms with Crippen molar-refractivity contribution in [2.75, 3.05) is 26.2 Å². The van der Waals surface area contributed by atoms with Crippen LogP contribution < -0.4 is 5.32 Å². The largest absolute Gasteiger partial charge is 0.480 e. The van der Waals surface area contributed by atoms with Gasteiger partial charge >= 0.3 is 11.9 Å². The van der Waals surface area contributed by atoms with Gasteiger partial charge in [-0.15, -0.1) is 0 Å². The molecule has 0 aromatic carbocycles. The van der Waals surface area contributed by atoms with E-state index in [1.165, 1.54) is 0 Å². The normalized spacial score (nSPS) is 20.6. The summed E-state index contributed by atoms with van der Waals surface area (Å²) in [6.07, 6.45) is 2.34. The summed E-state index contributed by atoms with van der Waals surface area (Å²) in [5.41, 5.74) is -0.444. The fraction of sp³-hybridized carbons (Fsp3) is 0.857. The second-order valence-corrected chi connectivity index (χ2v) is 6.26. The van der Waals surface area contributed by atoms with E-state index < -0.39 is 11.6 Å². The minimum absolute atomic E-state index is 0.0875. The van der Waals surface area contributed by atoms with Crippen LogP contribution in [0.2, 0.25) is 0 Å². The number of rotatable bonds is 6. The van der Waals surface area contributed by atoms with Crippen LogP contribution in [0.25, 0.3) is 0 Å². The van der Waals surface area contributed by atoms with Gasteiger partial charge in [-0.3, -0.25) is 14.5 Å². The van der Waals surface area contributed by atoms with Crippen LogP contribution in [0.5, 0.6) is 0 Å². The first kappa shape index (κ1) is 16.9. The molecule has 6 heteroatoms. The number of aliphatic carboxylic acids is 1. The van der Waals surface area contributed by atoms with Gasteiger partial charge in [0.05, 0.1) is 13.0 Å². The minimum Gasteiger partial charge on any atom is -0.480 e. The molecular weight excluding hydrogens is 260 g/mol. The van der Waals surface area contributed by atoms with Crippen LogP contribution in [0.3, 0.4) is 0 Å². The van der Waals surface area contributed by atoms with Crippen molar-refractivity contribution in [2.24, 2.45) is 0 Å². The van der Waals surface area contributed by atoms with Gasteiger partial charge in [0.15, 0.2) is 0 Å².